The van der Waals surface area contributed by atoms with Gasteiger partial charge >= 0.3 is 5.97 Å². The number of carbonyl (C=O) groups is 1. The molecule has 0 bridgehead atoms. The third-order valence-electron chi connectivity index (χ3n) is 1.82. The van der Waals surface area contributed by atoms with Gasteiger partial charge in [-0.25, -0.2) is 9.18 Å². The molecule has 1 aromatic carbocycles. The van der Waals surface area contributed by atoms with E-state index in [1.807, 2.05) is 0 Å². The van der Waals surface area contributed by atoms with Crippen LogP contribution in [-0.4, -0.2) is 18.7 Å². The predicted octanol–water partition coefficient (Wildman–Crippen LogP) is 2.81. The first kappa shape index (κ1) is 12.8. The van der Waals surface area contributed by atoms with Crippen LogP contribution in [0.1, 0.15) is 13.8 Å². The molecule has 0 fully saturated rings. The third-order valence-corrected chi connectivity index (χ3v) is 2.13. The molecule has 0 aliphatic heterocycles. The van der Waals surface area contributed by atoms with Gasteiger partial charge in [-0.05, 0) is 26.0 Å². The third kappa shape index (κ3) is 3.38. The lowest BCUT2D eigenvalue weighted by atomic mass is 10.3. The van der Waals surface area contributed by atoms with Crippen molar-refractivity contribution >= 4 is 17.6 Å². The molecular weight excluding hydrogens is 235 g/mol. The minimum atomic E-state index is -0.777. The summed E-state index contributed by atoms with van der Waals surface area (Å²) in [5.41, 5.74) is 0. The first-order valence-electron chi connectivity index (χ1n) is 4.83. The molecule has 0 saturated carbocycles. The first-order valence-corrected chi connectivity index (χ1v) is 5.20. The average molecular weight is 247 g/mol. The number of hydrogen-bond acceptors (Lipinski definition) is 3. The molecule has 0 radical (unpaired) electrons. The Morgan fingerprint density at radius 2 is 2.25 bits per heavy atom. The van der Waals surface area contributed by atoms with Crippen molar-refractivity contribution < 1.29 is 18.7 Å². The Bertz CT molecular complexity index is 381. The highest BCUT2D eigenvalue weighted by Crippen LogP contribution is 2.21. The minimum absolute atomic E-state index is 0.0103. The van der Waals surface area contributed by atoms with Crippen LogP contribution in [-0.2, 0) is 9.53 Å². The van der Waals surface area contributed by atoms with Crippen molar-refractivity contribution in [2.75, 3.05) is 6.61 Å². The van der Waals surface area contributed by atoms with Gasteiger partial charge in [0.25, 0.3) is 0 Å². The lowest BCUT2D eigenvalue weighted by Crippen LogP contribution is -2.26. The Morgan fingerprint density at radius 3 is 2.81 bits per heavy atom. The monoisotopic (exact) mass is 246 g/mol. The molecule has 0 heterocycles. The smallest absolute Gasteiger partial charge is 0.347 e. The summed E-state index contributed by atoms with van der Waals surface area (Å²) in [4.78, 5) is 11.2. The number of benzene rings is 1. The van der Waals surface area contributed by atoms with E-state index in [9.17, 15) is 9.18 Å². The highest BCUT2D eigenvalue weighted by atomic mass is 35.5. The maximum absolute atomic E-state index is 13.1. The van der Waals surface area contributed by atoms with E-state index in [2.05, 4.69) is 0 Å². The second-order valence-electron chi connectivity index (χ2n) is 3.09. The number of esters is 1. The summed E-state index contributed by atoms with van der Waals surface area (Å²) in [6.45, 7) is 3.51. The van der Waals surface area contributed by atoms with Crippen LogP contribution in [0.3, 0.4) is 0 Å². The molecular formula is C11H12ClFO3. The summed E-state index contributed by atoms with van der Waals surface area (Å²) in [6, 6.07) is 3.98. The molecule has 0 aliphatic carbocycles. The zero-order valence-electron chi connectivity index (χ0n) is 9.00. The Kier molecular flexibility index (Phi) is 4.55. The molecule has 5 heteroatoms. The quantitative estimate of drug-likeness (QED) is 0.767. The zero-order valence-corrected chi connectivity index (χ0v) is 9.75. The highest BCUT2D eigenvalue weighted by Gasteiger charge is 2.16. The van der Waals surface area contributed by atoms with Crippen LogP contribution in [0.5, 0.6) is 5.75 Å². The molecule has 1 unspecified atom stereocenters. The normalized spacial score (nSPS) is 12.0. The maximum Gasteiger partial charge on any atom is 0.347 e. The van der Waals surface area contributed by atoms with E-state index in [1.54, 1.807) is 6.92 Å². The molecule has 0 saturated heterocycles. The highest BCUT2D eigenvalue weighted by molar-refractivity contribution is 6.30. The van der Waals surface area contributed by atoms with E-state index in [0.29, 0.717) is 0 Å². The summed E-state index contributed by atoms with van der Waals surface area (Å²) in [6.07, 6.45) is -0.777. The van der Waals surface area contributed by atoms with Gasteiger partial charge in [0.05, 0.1) is 11.6 Å². The number of rotatable bonds is 4. The average Bonchev–Trinajstić information content (AvgIpc) is 2.24. The number of hydrogen-bond donors (Lipinski definition) is 0. The molecule has 0 amide bonds. The van der Waals surface area contributed by atoms with E-state index >= 15 is 0 Å². The minimum Gasteiger partial charge on any atom is -0.479 e. The van der Waals surface area contributed by atoms with Crippen molar-refractivity contribution in [3.63, 3.8) is 0 Å². The number of halogens is 2. The Labute approximate surface area is 98.1 Å². The Balaban J connectivity index is 2.66. The fourth-order valence-corrected chi connectivity index (χ4v) is 1.18. The van der Waals surface area contributed by atoms with Gasteiger partial charge in [-0.15, -0.1) is 0 Å². The van der Waals surface area contributed by atoms with Crippen molar-refractivity contribution in [1.82, 2.24) is 0 Å². The van der Waals surface area contributed by atoms with Crippen molar-refractivity contribution in [2.45, 2.75) is 20.0 Å². The summed E-state index contributed by atoms with van der Waals surface area (Å²) >= 11 is 5.51. The van der Waals surface area contributed by atoms with Crippen LogP contribution in [0.15, 0.2) is 18.2 Å². The summed E-state index contributed by atoms with van der Waals surface area (Å²) in [7, 11) is 0. The van der Waals surface area contributed by atoms with Crippen LogP contribution in [0.25, 0.3) is 0 Å². The first-order chi connectivity index (χ1) is 7.54. The fourth-order valence-electron chi connectivity index (χ4n) is 1.06. The molecule has 0 spiro atoms. The van der Waals surface area contributed by atoms with Crippen LogP contribution in [0.2, 0.25) is 5.02 Å². The Hall–Kier alpha value is -1.29. The van der Waals surface area contributed by atoms with E-state index in [-0.39, 0.29) is 17.4 Å². The van der Waals surface area contributed by atoms with Gasteiger partial charge < -0.3 is 9.47 Å². The molecule has 1 rings (SSSR count). The van der Waals surface area contributed by atoms with Gasteiger partial charge in [0.1, 0.15) is 11.6 Å². The molecule has 0 aromatic heterocycles. The second kappa shape index (κ2) is 5.70. The van der Waals surface area contributed by atoms with E-state index in [0.717, 1.165) is 6.07 Å². The SMILES string of the molecule is CCOC(=O)C(C)Oc1ccc(Cl)c(F)c1. The zero-order chi connectivity index (χ0) is 12.1. The summed E-state index contributed by atoms with van der Waals surface area (Å²) < 4.78 is 23.0. The number of carbonyl (C=O) groups excluding carboxylic acids is 1. The number of ether oxygens (including phenoxy) is 2. The van der Waals surface area contributed by atoms with Crippen LogP contribution in [0.4, 0.5) is 4.39 Å². The molecule has 0 aliphatic rings. The molecule has 1 atom stereocenters. The van der Waals surface area contributed by atoms with Gasteiger partial charge in [-0.1, -0.05) is 11.6 Å². The van der Waals surface area contributed by atoms with Crippen molar-refractivity contribution in [2.24, 2.45) is 0 Å². The topological polar surface area (TPSA) is 35.5 Å². The van der Waals surface area contributed by atoms with Crippen LogP contribution < -0.4 is 4.74 Å². The van der Waals surface area contributed by atoms with Gasteiger partial charge in [0.2, 0.25) is 0 Å². The van der Waals surface area contributed by atoms with Crippen molar-refractivity contribution in [1.29, 1.82) is 0 Å². The van der Waals surface area contributed by atoms with Gasteiger partial charge in [-0.2, -0.15) is 0 Å². The van der Waals surface area contributed by atoms with Crippen LogP contribution in [0, 0.1) is 5.82 Å². The molecule has 0 N–H and O–H groups in total. The second-order valence-corrected chi connectivity index (χ2v) is 3.50. The van der Waals surface area contributed by atoms with Gasteiger partial charge in [0.15, 0.2) is 6.10 Å². The summed E-state index contributed by atoms with van der Waals surface area (Å²) in [5.74, 6) is -0.837. The fraction of sp³-hybridized carbons (Fsp3) is 0.364. The maximum atomic E-state index is 13.1. The van der Waals surface area contributed by atoms with Crippen molar-refractivity contribution in [3.8, 4) is 5.75 Å². The van der Waals surface area contributed by atoms with Crippen LogP contribution >= 0.6 is 11.6 Å². The predicted molar refractivity (Wildman–Crippen MR) is 58.1 cm³/mol. The molecule has 1 aromatic rings. The standard InChI is InChI=1S/C11H12ClFO3/c1-3-15-11(14)7(2)16-8-4-5-9(12)10(13)6-8/h4-7H,3H2,1-2H3. The summed E-state index contributed by atoms with van der Waals surface area (Å²) in [5, 5.41) is 0.0103. The van der Waals surface area contributed by atoms with E-state index < -0.39 is 17.9 Å². The lowest BCUT2D eigenvalue weighted by molar-refractivity contribution is -0.150. The lowest BCUT2D eigenvalue weighted by Gasteiger charge is -2.13. The Morgan fingerprint density at radius 1 is 1.56 bits per heavy atom. The van der Waals surface area contributed by atoms with E-state index in [4.69, 9.17) is 21.1 Å². The van der Waals surface area contributed by atoms with E-state index in [1.165, 1.54) is 19.1 Å². The van der Waals surface area contributed by atoms with Gasteiger partial charge in [-0.3, -0.25) is 0 Å². The van der Waals surface area contributed by atoms with Crippen molar-refractivity contribution in [3.05, 3.63) is 29.0 Å². The van der Waals surface area contributed by atoms with Gasteiger partial charge in [0, 0.05) is 6.07 Å². The molecule has 3 nitrogen and oxygen atoms in total. The molecule has 16 heavy (non-hydrogen) atoms. The largest absolute Gasteiger partial charge is 0.479 e. The molecule has 88 valence electrons.